The summed E-state index contributed by atoms with van der Waals surface area (Å²) in [7, 11) is 0. The number of benzene rings is 3. The van der Waals surface area contributed by atoms with E-state index in [4.69, 9.17) is 4.74 Å². The number of ether oxygens (including phenoxy) is 1. The Balaban J connectivity index is 0.00000341. The van der Waals surface area contributed by atoms with Gasteiger partial charge in [-0.25, -0.2) is 0 Å². The molecule has 0 aliphatic rings. The van der Waals surface area contributed by atoms with E-state index in [0.29, 0.717) is 19.7 Å². The van der Waals surface area contributed by atoms with Gasteiger partial charge in [0.25, 0.3) is 5.69 Å². The van der Waals surface area contributed by atoms with Crippen LogP contribution in [-0.4, -0.2) is 18.0 Å². The molecular formula is C23H25BrClN3O3. The highest BCUT2D eigenvalue weighted by atomic mass is 79.9. The maximum Gasteiger partial charge on any atom is 0.269 e. The molecular weight excluding hydrogens is 482 g/mol. The molecule has 164 valence electrons. The number of anilines is 1. The van der Waals surface area contributed by atoms with E-state index in [1.807, 2.05) is 12.1 Å². The third-order valence-electron chi connectivity index (χ3n) is 4.56. The Morgan fingerprint density at radius 1 is 1.00 bits per heavy atom. The van der Waals surface area contributed by atoms with Crippen molar-refractivity contribution in [1.29, 1.82) is 0 Å². The number of hydrogen-bond acceptors (Lipinski definition) is 5. The summed E-state index contributed by atoms with van der Waals surface area (Å²) in [5.41, 5.74) is 4.38. The number of halogens is 2. The molecule has 6 nitrogen and oxygen atoms in total. The van der Waals surface area contributed by atoms with Gasteiger partial charge in [0.05, 0.1) is 4.92 Å². The highest BCUT2D eigenvalue weighted by molar-refractivity contribution is 9.10. The molecule has 0 bridgehead atoms. The quantitative estimate of drug-likeness (QED) is 0.204. The molecule has 0 amide bonds. The largest absolute Gasteiger partial charge is 0.489 e. The number of rotatable bonds is 10. The summed E-state index contributed by atoms with van der Waals surface area (Å²) in [6.45, 7) is 4.70. The van der Waals surface area contributed by atoms with Gasteiger partial charge < -0.3 is 15.4 Å². The van der Waals surface area contributed by atoms with Crippen LogP contribution in [0.5, 0.6) is 5.75 Å². The van der Waals surface area contributed by atoms with Crippen LogP contribution in [-0.2, 0) is 13.2 Å². The van der Waals surface area contributed by atoms with Crippen molar-refractivity contribution in [2.75, 3.05) is 18.4 Å². The van der Waals surface area contributed by atoms with Gasteiger partial charge in [0.15, 0.2) is 0 Å². The maximum absolute atomic E-state index is 10.7. The van der Waals surface area contributed by atoms with Crippen LogP contribution in [0.1, 0.15) is 16.7 Å². The smallest absolute Gasteiger partial charge is 0.269 e. The zero-order valence-corrected chi connectivity index (χ0v) is 19.5. The van der Waals surface area contributed by atoms with Crippen molar-refractivity contribution in [3.05, 3.63) is 98.0 Å². The molecule has 0 unspecified atom stereocenters. The molecule has 0 saturated carbocycles. The van der Waals surface area contributed by atoms with E-state index in [0.717, 1.165) is 33.6 Å². The molecule has 3 aromatic rings. The standard InChI is InChI=1S/C23H24BrN3O3.ClH/c1-17-2-4-18(5-3-17)16-30-23-11-6-20(24)14-19(23)15-25-12-13-26-21-7-9-22(10-8-21)27(28)29;/h2-11,14,25-26H,12-13,15-16H2,1H3;1H. The minimum Gasteiger partial charge on any atom is -0.489 e. The fourth-order valence-corrected chi connectivity index (χ4v) is 3.30. The minimum atomic E-state index is -0.401. The lowest BCUT2D eigenvalue weighted by atomic mass is 10.1. The van der Waals surface area contributed by atoms with E-state index >= 15 is 0 Å². The van der Waals surface area contributed by atoms with E-state index in [9.17, 15) is 10.1 Å². The minimum absolute atomic E-state index is 0. The zero-order chi connectivity index (χ0) is 21.3. The van der Waals surface area contributed by atoms with Crippen molar-refractivity contribution in [3.8, 4) is 5.75 Å². The Morgan fingerprint density at radius 2 is 1.71 bits per heavy atom. The van der Waals surface area contributed by atoms with Crippen molar-refractivity contribution in [1.82, 2.24) is 5.32 Å². The Labute approximate surface area is 196 Å². The molecule has 31 heavy (non-hydrogen) atoms. The van der Waals surface area contributed by atoms with Gasteiger partial charge in [0.1, 0.15) is 12.4 Å². The molecule has 0 saturated heterocycles. The van der Waals surface area contributed by atoms with E-state index in [2.05, 4.69) is 63.8 Å². The first kappa shape index (κ1) is 24.7. The van der Waals surface area contributed by atoms with Gasteiger partial charge in [-0.3, -0.25) is 10.1 Å². The van der Waals surface area contributed by atoms with E-state index < -0.39 is 4.92 Å². The number of nitrogens with zero attached hydrogens (tertiary/aromatic N) is 1. The third kappa shape index (κ3) is 7.86. The van der Waals surface area contributed by atoms with Gasteiger partial charge in [0.2, 0.25) is 0 Å². The fourth-order valence-electron chi connectivity index (χ4n) is 2.89. The van der Waals surface area contributed by atoms with Crippen LogP contribution in [0.2, 0.25) is 0 Å². The van der Waals surface area contributed by atoms with Crippen molar-refractivity contribution >= 4 is 39.7 Å². The monoisotopic (exact) mass is 505 g/mol. The van der Waals surface area contributed by atoms with Crippen molar-refractivity contribution in [3.63, 3.8) is 0 Å². The lowest BCUT2D eigenvalue weighted by Crippen LogP contribution is -2.22. The van der Waals surface area contributed by atoms with E-state index in [-0.39, 0.29) is 18.1 Å². The summed E-state index contributed by atoms with van der Waals surface area (Å²) in [4.78, 5) is 10.3. The molecule has 0 aliphatic carbocycles. The van der Waals surface area contributed by atoms with Crippen LogP contribution in [0.4, 0.5) is 11.4 Å². The van der Waals surface area contributed by atoms with Crippen LogP contribution >= 0.6 is 28.3 Å². The zero-order valence-electron chi connectivity index (χ0n) is 17.1. The number of aryl methyl sites for hydroxylation is 1. The first-order valence-electron chi connectivity index (χ1n) is 9.67. The summed E-state index contributed by atoms with van der Waals surface area (Å²) < 4.78 is 7.05. The van der Waals surface area contributed by atoms with E-state index in [1.54, 1.807) is 12.1 Å². The Hall–Kier alpha value is -2.61. The second-order valence-corrected chi connectivity index (χ2v) is 7.85. The lowest BCUT2D eigenvalue weighted by Gasteiger charge is -2.14. The predicted octanol–water partition coefficient (Wildman–Crippen LogP) is 5.87. The SMILES string of the molecule is Cc1ccc(COc2ccc(Br)cc2CNCCNc2ccc([N+](=O)[O-])cc2)cc1.Cl. The van der Waals surface area contributed by atoms with Crippen LogP contribution in [0.15, 0.2) is 71.2 Å². The summed E-state index contributed by atoms with van der Waals surface area (Å²) in [5.74, 6) is 0.856. The molecule has 0 heterocycles. The second kappa shape index (κ2) is 12.3. The Morgan fingerprint density at radius 3 is 2.39 bits per heavy atom. The molecule has 3 rings (SSSR count). The molecule has 0 atom stereocenters. The summed E-state index contributed by atoms with van der Waals surface area (Å²) in [5, 5.41) is 17.4. The van der Waals surface area contributed by atoms with Crippen molar-refractivity contribution < 1.29 is 9.66 Å². The summed E-state index contributed by atoms with van der Waals surface area (Å²) in [6.07, 6.45) is 0. The molecule has 0 radical (unpaired) electrons. The predicted molar refractivity (Wildman–Crippen MR) is 130 cm³/mol. The molecule has 8 heteroatoms. The van der Waals surface area contributed by atoms with Crippen molar-refractivity contribution in [2.24, 2.45) is 0 Å². The second-order valence-electron chi connectivity index (χ2n) is 6.93. The van der Waals surface area contributed by atoms with Gasteiger partial charge in [-0.15, -0.1) is 12.4 Å². The first-order chi connectivity index (χ1) is 14.5. The molecule has 3 aromatic carbocycles. The molecule has 0 aliphatic heterocycles. The van der Waals surface area contributed by atoms with Gasteiger partial charge in [-0.1, -0.05) is 45.8 Å². The van der Waals surface area contributed by atoms with Gasteiger partial charge in [-0.05, 0) is 42.8 Å². The van der Waals surface area contributed by atoms with Gasteiger partial charge in [0, 0.05) is 47.5 Å². The van der Waals surface area contributed by atoms with Gasteiger partial charge >= 0.3 is 0 Å². The number of hydrogen-bond donors (Lipinski definition) is 2. The van der Waals surface area contributed by atoms with Crippen LogP contribution < -0.4 is 15.4 Å². The lowest BCUT2D eigenvalue weighted by molar-refractivity contribution is -0.384. The molecule has 0 fully saturated rings. The Bertz CT molecular complexity index is 982. The number of nitro groups is 1. The number of nitro benzene ring substituents is 1. The summed E-state index contributed by atoms with van der Waals surface area (Å²) in [6, 6.07) is 20.7. The normalized spacial score (nSPS) is 10.3. The number of nitrogens with one attached hydrogen (secondary N) is 2. The molecule has 0 aromatic heterocycles. The highest BCUT2D eigenvalue weighted by Crippen LogP contribution is 2.24. The highest BCUT2D eigenvalue weighted by Gasteiger charge is 2.06. The maximum atomic E-state index is 10.7. The molecule has 0 spiro atoms. The third-order valence-corrected chi connectivity index (χ3v) is 5.06. The topological polar surface area (TPSA) is 76.4 Å². The average molecular weight is 507 g/mol. The number of non-ortho nitro benzene ring substituents is 1. The van der Waals surface area contributed by atoms with E-state index in [1.165, 1.54) is 17.7 Å². The van der Waals surface area contributed by atoms with Crippen LogP contribution in [0.3, 0.4) is 0 Å². The molecule has 2 N–H and O–H groups in total. The average Bonchev–Trinajstić information content (AvgIpc) is 2.74. The van der Waals surface area contributed by atoms with Crippen LogP contribution in [0.25, 0.3) is 0 Å². The summed E-state index contributed by atoms with van der Waals surface area (Å²) >= 11 is 3.53. The van der Waals surface area contributed by atoms with Gasteiger partial charge in [-0.2, -0.15) is 0 Å². The van der Waals surface area contributed by atoms with Crippen LogP contribution in [0, 0.1) is 17.0 Å². The first-order valence-corrected chi connectivity index (χ1v) is 10.5. The Kier molecular flexibility index (Phi) is 9.78. The fraction of sp³-hybridized carbons (Fsp3) is 0.217. The van der Waals surface area contributed by atoms with Crippen molar-refractivity contribution in [2.45, 2.75) is 20.1 Å².